The van der Waals surface area contributed by atoms with Crippen molar-refractivity contribution >= 4 is 34.4 Å². The average molecular weight is 658 g/mol. The smallest absolute Gasteiger partial charge is 0.282 e. The van der Waals surface area contributed by atoms with Crippen LogP contribution in [0.15, 0.2) is 67.3 Å². The van der Waals surface area contributed by atoms with Crippen LogP contribution in [0.2, 0.25) is 0 Å². The third kappa shape index (κ3) is 6.99. The second kappa shape index (κ2) is 13.3. The van der Waals surface area contributed by atoms with Crippen molar-refractivity contribution in [1.82, 2.24) is 35.1 Å². The maximum Gasteiger partial charge on any atom is 0.282 e. The largest absolute Gasteiger partial charge is 0.378 e. The van der Waals surface area contributed by atoms with E-state index in [1.165, 1.54) is 4.90 Å². The molecule has 3 N–H and O–H groups in total. The van der Waals surface area contributed by atoms with E-state index < -0.39 is 24.9 Å². The lowest BCUT2D eigenvalue weighted by molar-refractivity contribution is -0.133. The summed E-state index contributed by atoms with van der Waals surface area (Å²) in [7, 11) is 0. The number of anilines is 2. The van der Waals surface area contributed by atoms with E-state index in [-0.39, 0.29) is 17.6 Å². The number of hydrogen-bond acceptors (Lipinski definition) is 9. The van der Waals surface area contributed by atoms with Crippen molar-refractivity contribution in [3.8, 4) is 11.3 Å². The number of aromatic nitrogens is 4. The number of halogens is 2. The van der Waals surface area contributed by atoms with Crippen LogP contribution >= 0.6 is 0 Å². The zero-order chi connectivity index (χ0) is 33.3. The molecule has 2 amide bonds. The lowest BCUT2D eigenvalue weighted by atomic mass is 10.0. The number of ether oxygens (including phenoxy) is 1. The van der Waals surface area contributed by atoms with Crippen molar-refractivity contribution in [2.75, 3.05) is 62.7 Å². The van der Waals surface area contributed by atoms with E-state index in [1.54, 1.807) is 18.6 Å². The zero-order valence-corrected chi connectivity index (χ0v) is 26.4. The molecule has 0 bridgehead atoms. The number of carbonyl (C=O) groups excluding carboxylic acids is 2. The van der Waals surface area contributed by atoms with Crippen LogP contribution in [-0.4, -0.2) is 106 Å². The predicted molar refractivity (Wildman–Crippen MR) is 177 cm³/mol. The normalized spacial score (nSPS) is 19.5. The summed E-state index contributed by atoms with van der Waals surface area (Å²) < 4.78 is 31.9. The van der Waals surface area contributed by atoms with E-state index >= 15 is 0 Å². The Hall–Kier alpha value is -4.95. The Bertz CT molecular complexity index is 1820. The van der Waals surface area contributed by atoms with Crippen LogP contribution in [0.3, 0.4) is 0 Å². The molecule has 1 atom stereocenters. The molecule has 14 heteroatoms. The maximum absolute atomic E-state index is 13.2. The summed E-state index contributed by atoms with van der Waals surface area (Å²) in [6.45, 7) is 7.66. The summed E-state index contributed by atoms with van der Waals surface area (Å²) in [5.41, 5.74) is 4.53. The second-order valence-electron chi connectivity index (χ2n) is 12.5. The van der Waals surface area contributed by atoms with Crippen LogP contribution in [0.4, 0.5) is 20.3 Å². The molecule has 48 heavy (non-hydrogen) atoms. The Labute approximate surface area is 276 Å². The van der Waals surface area contributed by atoms with E-state index in [2.05, 4.69) is 53.0 Å². The highest BCUT2D eigenvalue weighted by atomic mass is 19.3. The molecule has 0 radical (unpaired) electrons. The van der Waals surface area contributed by atoms with Crippen molar-refractivity contribution < 1.29 is 23.1 Å². The minimum absolute atomic E-state index is 0.0725. The lowest BCUT2D eigenvalue weighted by Gasteiger charge is -2.41. The monoisotopic (exact) mass is 657 g/mol. The second-order valence-corrected chi connectivity index (χ2v) is 12.5. The average Bonchev–Trinajstić information content (AvgIpc) is 3.52. The number of alkyl halides is 2. The van der Waals surface area contributed by atoms with E-state index in [4.69, 9.17) is 4.74 Å². The SMILES string of the molecule is C=C(C(=O)N[C@@H]1CCCN(Cc2ccnc(C(=O)Nc3ccc(-c4cc5c(N6CCOCC6)ncnc5[nH]4)cc3)c2)C1)N1CC(F)(F)C1. The van der Waals surface area contributed by atoms with E-state index in [1.807, 2.05) is 30.3 Å². The number of pyridine rings is 1. The van der Waals surface area contributed by atoms with E-state index in [0.717, 1.165) is 66.1 Å². The number of aromatic amines is 1. The van der Waals surface area contributed by atoms with Gasteiger partial charge in [-0.15, -0.1) is 0 Å². The Balaban J connectivity index is 0.945. The topological polar surface area (TPSA) is 132 Å². The van der Waals surface area contributed by atoms with Gasteiger partial charge in [-0.05, 0) is 60.8 Å². The van der Waals surface area contributed by atoms with Crippen molar-refractivity contribution in [2.24, 2.45) is 0 Å². The highest BCUT2D eigenvalue weighted by Crippen LogP contribution is 2.31. The Morgan fingerprint density at radius 3 is 2.60 bits per heavy atom. The number of carbonyl (C=O) groups is 2. The van der Waals surface area contributed by atoms with Crippen LogP contribution in [-0.2, 0) is 16.1 Å². The summed E-state index contributed by atoms with van der Waals surface area (Å²) in [5.74, 6) is -2.61. The number of nitrogens with one attached hydrogen (secondary N) is 3. The minimum atomic E-state index is -2.76. The molecule has 12 nitrogen and oxygen atoms in total. The molecule has 3 aromatic heterocycles. The molecular formula is C34H37F2N9O3. The van der Waals surface area contributed by atoms with Gasteiger partial charge in [0.2, 0.25) is 0 Å². The minimum Gasteiger partial charge on any atom is -0.378 e. The number of nitrogens with zero attached hydrogens (tertiary/aromatic N) is 6. The molecule has 3 saturated heterocycles. The Kier molecular flexibility index (Phi) is 8.75. The fourth-order valence-corrected chi connectivity index (χ4v) is 6.42. The third-order valence-corrected chi connectivity index (χ3v) is 8.96. The van der Waals surface area contributed by atoms with Gasteiger partial charge >= 0.3 is 0 Å². The first kappa shape index (κ1) is 31.6. The molecule has 0 aliphatic carbocycles. The number of H-pyrrole nitrogens is 1. The number of benzene rings is 1. The number of amides is 2. The molecule has 4 aromatic rings. The first-order valence-corrected chi connectivity index (χ1v) is 16.1. The molecule has 7 rings (SSSR count). The van der Waals surface area contributed by atoms with Gasteiger partial charge in [0.25, 0.3) is 17.7 Å². The number of piperidine rings is 1. The van der Waals surface area contributed by atoms with Crippen molar-refractivity contribution in [1.29, 1.82) is 0 Å². The Morgan fingerprint density at radius 1 is 1.04 bits per heavy atom. The number of likely N-dealkylation sites (tertiary alicyclic amines) is 2. The van der Waals surface area contributed by atoms with Gasteiger partial charge in [-0.3, -0.25) is 19.5 Å². The standard InChI is InChI=1S/C34H37F2N9O3/c1-22(45-19-34(35,36)20-45)32(46)41-26-3-2-10-43(18-26)17-23-8-9-37-29(15-23)33(47)40-25-6-4-24(5-7-25)28-16-27-30(42-28)38-21-39-31(27)44-11-13-48-14-12-44/h4-9,15-16,21,26H,1-3,10-14,17-20H2,(H,40,47)(H,41,46)(H,38,39,42)/t26-/m1/s1. The molecule has 3 aliphatic heterocycles. The molecule has 6 heterocycles. The number of fused-ring (bicyclic) bond motifs is 1. The lowest BCUT2D eigenvalue weighted by Crippen LogP contribution is -2.58. The quantitative estimate of drug-likeness (QED) is 0.231. The van der Waals surface area contributed by atoms with Gasteiger partial charge in [0.15, 0.2) is 0 Å². The van der Waals surface area contributed by atoms with Crippen LogP contribution in [0.25, 0.3) is 22.3 Å². The zero-order valence-electron chi connectivity index (χ0n) is 26.4. The van der Waals surface area contributed by atoms with Crippen molar-refractivity contribution in [3.63, 3.8) is 0 Å². The predicted octanol–water partition coefficient (Wildman–Crippen LogP) is 3.65. The van der Waals surface area contributed by atoms with Gasteiger partial charge in [0.05, 0.1) is 37.4 Å². The van der Waals surface area contributed by atoms with Crippen molar-refractivity contribution in [3.05, 3.63) is 78.5 Å². The number of rotatable bonds is 9. The van der Waals surface area contributed by atoms with Crippen LogP contribution in [0.1, 0.15) is 28.9 Å². The molecule has 3 fully saturated rings. The molecule has 0 spiro atoms. The maximum atomic E-state index is 13.2. The van der Waals surface area contributed by atoms with Crippen LogP contribution in [0.5, 0.6) is 0 Å². The van der Waals surface area contributed by atoms with Gasteiger partial charge in [-0.25, -0.2) is 18.7 Å². The van der Waals surface area contributed by atoms with Gasteiger partial charge in [0.1, 0.15) is 23.5 Å². The highest BCUT2D eigenvalue weighted by molar-refractivity contribution is 6.03. The molecule has 250 valence electrons. The fraction of sp³-hybridized carbons (Fsp3) is 0.382. The van der Waals surface area contributed by atoms with Gasteiger partial charge < -0.3 is 30.2 Å². The Morgan fingerprint density at radius 2 is 1.83 bits per heavy atom. The van der Waals surface area contributed by atoms with Crippen LogP contribution in [0, 0.1) is 0 Å². The summed E-state index contributed by atoms with van der Waals surface area (Å²) >= 11 is 0. The molecule has 3 aliphatic rings. The first-order chi connectivity index (χ1) is 23.2. The summed E-state index contributed by atoms with van der Waals surface area (Å²) in [6.07, 6.45) is 4.85. The molecular weight excluding hydrogens is 620 g/mol. The van der Waals surface area contributed by atoms with Gasteiger partial charge in [-0.1, -0.05) is 18.7 Å². The van der Waals surface area contributed by atoms with E-state index in [9.17, 15) is 18.4 Å². The number of hydrogen-bond donors (Lipinski definition) is 3. The van der Waals surface area contributed by atoms with Crippen molar-refractivity contribution in [2.45, 2.75) is 31.4 Å². The van der Waals surface area contributed by atoms with Gasteiger partial charge in [0, 0.05) is 49.8 Å². The summed E-state index contributed by atoms with van der Waals surface area (Å²) in [6, 6.07) is 13.1. The molecule has 0 saturated carbocycles. The molecule has 1 aromatic carbocycles. The number of morpholine rings is 1. The fourth-order valence-electron chi connectivity index (χ4n) is 6.42. The highest BCUT2D eigenvalue weighted by Gasteiger charge is 2.45. The summed E-state index contributed by atoms with van der Waals surface area (Å²) in [4.78, 5) is 48.1. The van der Waals surface area contributed by atoms with E-state index in [0.29, 0.717) is 37.7 Å². The third-order valence-electron chi connectivity index (χ3n) is 8.96. The van der Waals surface area contributed by atoms with Gasteiger partial charge in [-0.2, -0.15) is 0 Å². The van der Waals surface area contributed by atoms with Crippen LogP contribution < -0.4 is 15.5 Å². The molecule has 0 unspecified atom stereocenters. The first-order valence-electron chi connectivity index (χ1n) is 16.1. The summed E-state index contributed by atoms with van der Waals surface area (Å²) in [5, 5.41) is 6.83.